The lowest BCUT2D eigenvalue weighted by Crippen LogP contribution is -1.98. The van der Waals surface area contributed by atoms with Gasteiger partial charge < -0.3 is 4.74 Å². The summed E-state index contributed by atoms with van der Waals surface area (Å²) >= 11 is 15.2. The highest BCUT2D eigenvalue weighted by molar-refractivity contribution is 9.10. The van der Waals surface area contributed by atoms with Gasteiger partial charge >= 0.3 is 0 Å². The van der Waals surface area contributed by atoms with E-state index >= 15 is 0 Å². The highest BCUT2D eigenvalue weighted by Crippen LogP contribution is 2.28. The number of ether oxygens (including phenoxy) is 1. The molecular weight excluding hydrogens is 325 g/mol. The molecule has 0 N–H and O–H groups in total. The van der Waals surface area contributed by atoms with E-state index in [2.05, 4.69) is 20.9 Å². The molecule has 0 aliphatic carbocycles. The van der Waals surface area contributed by atoms with E-state index < -0.39 is 0 Å². The maximum Gasteiger partial charge on any atom is 0.139 e. The fraction of sp³-hybridized carbons (Fsp3) is 0.0833. The molecule has 2 nitrogen and oxygen atoms in total. The first-order valence-electron chi connectivity index (χ1n) is 4.83. The quantitative estimate of drug-likeness (QED) is 0.810. The van der Waals surface area contributed by atoms with Gasteiger partial charge in [0.05, 0.1) is 10.7 Å². The van der Waals surface area contributed by atoms with Gasteiger partial charge in [-0.3, -0.25) is 4.98 Å². The molecular formula is C12H8BrCl2NO. The van der Waals surface area contributed by atoms with E-state index in [0.29, 0.717) is 22.4 Å². The number of rotatable bonds is 3. The largest absolute Gasteiger partial charge is 0.486 e. The van der Waals surface area contributed by atoms with Crippen molar-refractivity contribution >= 4 is 39.1 Å². The first kappa shape index (κ1) is 12.7. The minimum absolute atomic E-state index is 0.330. The Balaban J connectivity index is 2.09. The van der Waals surface area contributed by atoms with E-state index in [1.165, 1.54) is 0 Å². The van der Waals surface area contributed by atoms with E-state index in [1.807, 2.05) is 12.1 Å². The number of pyridine rings is 1. The van der Waals surface area contributed by atoms with E-state index in [4.69, 9.17) is 27.9 Å². The second-order valence-electron chi connectivity index (χ2n) is 3.33. The Hall–Kier alpha value is -0.770. The van der Waals surface area contributed by atoms with Crippen molar-refractivity contribution in [2.45, 2.75) is 6.61 Å². The van der Waals surface area contributed by atoms with Gasteiger partial charge in [-0.1, -0.05) is 39.1 Å². The van der Waals surface area contributed by atoms with Gasteiger partial charge in [-0.15, -0.1) is 0 Å². The third-order valence-corrected chi connectivity index (χ3v) is 3.09. The first-order chi connectivity index (χ1) is 8.15. The summed E-state index contributed by atoms with van der Waals surface area (Å²) in [6.45, 7) is 0.330. The van der Waals surface area contributed by atoms with Gasteiger partial charge in [0.1, 0.15) is 12.4 Å². The standard InChI is InChI=1S/C12H8BrCl2NO/c13-8-1-2-11(15)12(5-8)17-7-10-6-9(14)3-4-16-10/h1-6H,7H2. The summed E-state index contributed by atoms with van der Waals surface area (Å²) in [6.07, 6.45) is 1.64. The van der Waals surface area contributed by atoms with Crippen molar-refractivity contribution in [3.63, 3.8) is 0 Å². The molecule has 1 heterocycles. The summed E-state index contributed by atoms with van der Waals surface area (Å²) in [7, 11) is 0. The predicted octanol–water partition coefficient (Wildman–Crippen LogP) is 4.73. The number of hydrogen-bond donors (Lipinski definition) is 0. The Kier molecular flexibility index (Phi) is 4.26. The van der Waals surface area contributed by atoms with Crippen LogP contribution in [-0.4, -0.2) is 4.98 Å². The average molecular weight is 333 g/mol. The zero-order valence-electron chi connectivity index (χ0n) is 8.66. The number of halogens is 3. The minimum atomic E-state index is 0.330. The van der Waals surface area contributed by atoms with Crippen LogP contribution in [0.1, 0.15) is 5.69 Å². The second kappa shape index (κ2) is 5.71. The molecule has 88 valence electrons. The highest BCUT2D eigenvalue weighted by atomic mass is 79.9. The molecule has 17 heavy (non-hydrogen) atoms. The second-order valence-corrected chi connectivity index (χ2v) is 5.09. The van der Waals surface area contributed by atoms with E-state index in [1.54, 1.807) is 24.4 Å². The van der Waals surface area contributed by atoms with Gasteiger partial charge in [-0.05, 0) is 30.3 Å². The normalized spacial score (nSPS) is 10.3. The van der Waals surface area contributed by atoms with Crippen molar-refractivity contribution < 1.29 is 4.74 Å². The number of nitrogens with zero attached hydrogens (tertiary/aromatic N) is 1. The lowest BCUT2D eigenvalue weighted by Gasteiger charge is -2.08. The van der Waals surface area contributed by atoms with Crippen molar-refractivity contribution in [1.82, 2.24) is 4.98 Å². The topological polar surface area (TPSA) is 22.1 Å². The van der Waals surface area contributed by atoms with Crippen molar-refractivity contribution in [1.29, 1.82) is 0 Å². The van der Waals surface area contributed by atoms with Crippen LogP contribution in [0.15, 0.2) is 41.0 Å². The molecule has 0 bridgehead atoms. The molecule has 0 fully saturated rings. The van der Waals surface area contributed by atoms with Crippen LogP contribution in [0.2, 0.25) is 10.0 Å². The van der Waals surface area contributed by atoms with Crippen molar-refractivity contribution in [3.8, 4) is 5.75 Å². The van der Waals surface area contributed by atoms with Crippen molar-refractivity contribution in [2.24, 2.45) is 0 Å². The average Bonchev–Trinajstić information content (AvgIpc) is 2.30. The Morgan fingerprint density at radius 1 is 1.18 bits per heavy atom. The lowest BCUT2D eigenvalue weighted by molar-refractivity contribution is 0.301. The van der Waals surface area contributed by atoms with Crippen LogP contribution in [-0.2, 0) is 6.61 Å². The van der Waals surface area contributed by atoms with Gasteiger partial charge in [-0.2, -0.15) is 0 Å². The van der Waals surface area contributed by atoms with Gasteiger partial charge in [0.25, 0.3) is 0 Å². The molecule has 0 radical (unpaired) electrons. The molecule has 0 atom stereocenters. The maximum absolute atomic E-state index is 6.00. The highest BCUT2D eigenvalue weighted by Gasteiger charge is 2.03. The molecule has 2 rings (SSSR count). The summed E-state index contributed by atoms with van der Waals surface area (Å²) in [5.41, 5.74) is 0.758. The smallest absolute Gasteiger partial charge is 0.139 e. The summed E-state index contributed by atoms with van der Waals surface area (Å²) in [4.78, 5) is 4.14. The number of hydrogen-bond acceptors (Lipinski definition) is 2. The number of aromatic nitrogens is 1. The Labute approximate surface area is 118 Å². The summed E-state index contributed by atoms with van der Waals surface area (Å²) in [5, 5.41) is 1.20. The maximum atomic E-state index is 6.00. The fourth-order valence-corrected chi connectivity index (χ4v) is 1.96. The van der Waals surface area contributed by atoms with Crippen LogP contribution in [0.25, 0.3) is 0 Å². The zero-order valence-corrected chi connectivity index (χ0v) is 11.8. The number of benzene rings is 1. The summed E-state index contributed by atoms with van der Waals surface area (Å²) in [5.74, 6) is 0.614. The Morgan fingerprint density at radius 2 is 2.00 bits per heavy atom. The van der Waals surface area contributed by atoms with Crippen molar-refractivity contribution in [3.05, 3.63) is 56.7 Å². The van der Waals surface area contributed by atoms with E-state index in [-0.39, 0.29) is 0 Å². The molecule has 0 spiro atoms. The van der Waals surface area contributed by atoms with Gasteiger partial charge in [0.2, 0.25) is 0 Å². The SMILES string of the molecule is Clc1ccnc(COc2cc(Br)ccc2Cl)c1. The lowest BCUT2D eigenvalue weighted by atomic mass is 10.3. The van der Waals surface area contributed by atoms with Crippen LogP contribution in [0.5, 0.6) is 5.75 Å². The molecule has 0 saturated carbocycles. The van der Waals surface area contributed by atoms with Crippen molar-refractivity contribution in [2.75, 3.05) is 0 Å². The third kappa shape index (κ3) is 3.60. The van der Waals surface area contributed by atoms with Crippen LogP contribution >= 0.6 is 39.1 Å². The zero-order chi connectivity index (χ0) is 12.3. The first-order valence-corrected chi connectivity index (χ1v) is 6.38. The molecule has 1 aromatic heterocycles. The Morgan fingerprint density at radius 3 is 2.76 bits per heavy atom. The van der Waals surface area contributed by atoms with E-state index in [0.717, 1.165) is 10.2 Å². The molecule has 0 unspecified atom stereocenters. The molecule has 1 aromatic carbocycles. The molecule has 2 aromatic rings. The van der Waals surface area contributed by atoms with Gasteiger partial charge in [-0.25, -0.2) is 0 Å². The molecule has 0 saturated heterocycles. The van der Waals surface area contributed by atoms with Crippen LogP contribution in [0.4, 0.5) is 0 Å². The van der Waals surface area contributed by atoms with E-state index in [9.17, 15) is 0 Å². The van der Waals surface area contributed by atoms with Gasteiger partial charge in [0.15, 0.2) is 0 Å². The molecule has 0 aliphatic heterocycles. The summed E-state index contributed by atoms with van der Waals surface area (Å²) < 4.78 is 6.49. The van der Waals surface area contributed by atoms with Crippen LogP contribution in [0, 0.1) is 0 Å². The van der Waals surface area contributed by atoms with Crippen LogP contribution in [0.3, 0.4) is 0 Å². The Bertz CT molecular complexity index is 534. The molecule has 0 amide bonds. The molecule has 5 heteroatoms. The minimum Gasteiger partial charge on any atom is -0.486 e. The predicted molar refractivity (Wildman–Crippen MR) is 72.7 cm³/mol. The molecule has 0 aliphatic rings. The fourth-order valence-electron chi connectivity index (χ4n) is 1.27. The third-order valence-electron chi connectivity index (χ3n) is 2.05. The van der Waals surface area contributed by atoms with Crippen LogP contribution < -0.4 is 4.74 Å². The van der Waals surface area contributed by atoms with Gasteiger partial charge in [0, 0.05) is 15.7 Å². The summed E-state index contributed by atoms with van der Waals surface area (Å²) in [6, 6.07) is 8.91. The monoisotopic (exact) mass is 331 g/mol.